The van der Waals surface area contributed by atoms with E-state index in [1.165, 1.54) is 0 Å². The highest BCUT2D eigenvalue weighted by Crippen LogP contribution is 2.47. The molecular weight excluding hydrogens is 204 g/mol. The van der Waals surface area contributed by atoms with Crippen LogP contribution in [-0.2, 0) is 14.3 Å². The molecule has 0 aromatic carbocycles. The number of ketones is 1. The second kappa shape index (κ2) is 3.74. The fraction of sp³-hybridized carbons (Fsp3) is 0.615. The third-order valence-electron chi connectivity index (χ3n) is 3.55. The van der Waals surface area contributed by atoms with Crippen molar-refractivity contribution in [2.75, 3.05) is 14.2 Å². The van der Waals surface area contributed by atoms with Gasteiger partial charge >= 0.3 is 0 Å². The number of rotatable bonds is 2. The van der Waals surface area contributed by atoms with E-state index in [0.29, 0.717) is 5.76 Å². The number of hydrogen-bond acceptors (Lipinski definition) is 3. The molecule has 0 amide bonds. The van der Waals surface area contributed by atoms with Crippen LogP contribution < -0.4 is 0 Å². The summed E-state index contributed by atoms with van der Waals surface area (Å²) in [7, 11) is 3.29. The van der Waals surface area contributed by atoms with Crippen LogP contribution >= 0.6 is 0 Å². The standard InChI is InChI=1S/C13H18O3/c1-13(2)7-8-9(15-3)5-6-10(16-4)11(8)12(13)14/h5-6,8-9H,7H2,1-4H3. The summed E-state index contributed by atoms with van der Waals surface area (Å²) in [6.07, 6.45) is 4.65. The predicted molar refractivity (Wildman–Crippen MR) is 60.9 cm³/mol. The van der Waals surface area contributed by atoms with Crippen LogP contribution in [0.5, 0.6) is 0 Å². The quantitative estimate of drug-likeness (QED) is 0.717. The molecule has 0 aromatic rings. The van der Waals surface area contributed by atoms with E-state index < -0.39 is 0 Å². The van der Waals surface area contributed by atoms with Gasteiger partial charge in [-0.25, -0.2) is 0 Å². The van der Waals surface area contributed by atoms with Crippen molar-refractivity contribution in [2.24, 2.45) is 11.3 Å². The van der Waals surface area contributed by atoms with Crippen LogP contribution in [-0.4, -0.2) is 26.1 Å². The Bertz CT molecular complexity index is 377. The van der Waals surface area contributed by atoms with Gasteiger partial charge in [0, 0.05) is 24.0 Å². The Balaban J connectivity index is 2.46. The van der Waals surface area contributed by atoms with E-state index >= 15 is 0 Å². The minimum atomic E-state index is -0.299. The van der Waals surface area contributed by atoms with Crippen molar-refractivity contribution in [3.05, 3.63) is 23.5 Å². The maximum absolute atomic E-state index is 12.3. The number of hydrogen-bond donors (Lipinski definition) is 0. The van der Waals surface area contributed by atoms with E-state index in [9.17, 15) is 4.79 Å². The topological polar surface area (TPSA) is 35.5 Å². The van der Waals surface area contributed by atoms with Crippen molar-refractivity contribution in [1.29, 1.82) is 0 Å². The summed E-state index contributed by atoms with van der Waals surface area (Å²) in [4.78, 5) is 12.3. The molecule has 3 heteroatoms. The van der Waals surface area contributed by atoms with Crippen LogP contribution in [0.1, 0.15) is 20.3 Å². The zero-order valence-electron chi connectivity index (χ0n) is 10.2. The third kappa shape index (κ3) is 1.50. The smallest absolute Gasteiger partial charge is 0.168 e. The van der Waals surface area contributed by atoms with Gasteiger partial charge in [0.1, 0.15) is 5.76 Å². The molecule has 3 nitrogen and oxygen atoms in total. The number of carbonyl (C=O) groups is 1. The molecule has 0 aliphatic heterocycles. The molecule has 1 saturated carbocycles. The van der Waals surface area contributed by atoms with Crippen LogP contribution in [0.2, 0.25) is 0 Å². The van der Waals surface area contributed by atoms with Crippen LogP contribution in [0, 0.1) is 11.3 Å². The molecule has 2 unspecified atom stereocenters. The van der Waals surface area contributed by atoms with Crippen molar-refractivity contribution in [3.63, 3.8) is 0 Å². The second-order valence-corrected chi connectivity index (χ2v) is 5.07. The molecule has 2 aliphatic carbocycles. The maximum atomic E-state index is 12.3. The lowest BCUT2D eigenvalue weighted by Gasteiger charge is -2.24. The van der Waals surface area contributed by atoms with Gasteiger partial charge < -0.3 is 9.47 Å². The highest BCUT2D eigenvalue weighted by atomic mass is 16.5. The summed E-state index contributed by atoms with van der Waals surface area (Å²) in [6, 6.07) is 0. The van der Waals surface area contributed by atoms with Gasteiger partial charge in [0.2, 0.25) is 0 Å². The first-order chi connectivity index (χ1) is 7.51. The fourth-order valence-electron chi connectivity index (χ4n) is 2.68. The molecule has 0 radical (unpaired) electrons. The van der Waals surface area contributed by atoms with Gasteiger partial charge in [0.15, 0.2) is 5.78 Å². The van der Waals surface area contributed by atoms with Gasteiger partial charge in [-0.1, -0.05) is 19.9 Å². The van der Waals surface area contributed by atoms with Gasteiger partial charge in [-0.15, -0.1) is 0 Å². The highest BCUT2D eigenvalue weighted by Gasteiger charge is 2.48. The second-order valence-electron chi connectivity index (χ2n) is 5.07. The predicted octanol–water partition coefficient (Wildman–Crippen LogP) is 2.09. The number of Topliss-reactive ketones (excluding diaryl/α,β-unsaturated/α-hetero) is 1. The summed E-state index contributed by atoms with van der Waals surface area (Å²) in [5.74, 6) is 1.04. The number of carbonyl (C=O) groups excluding carboxylic acids is 1. The van der Waals surface area contributed by atoms with Crippen LogP contribution in [0.25, 0.3) is 0 Å². The van der Waals surface area contributed by atoms with E-state index in [0.717, 1.165) is 12.0 Å². The van der Waals surface area contributed by atoms with E-state index in [1.54, 1.807) is 14.2 Å². The first-order valence-corrected chi connectivity index (χ1v) is 5.55. The number of ether oxygens (including phenoxy) is 2. The molecule has 1 fully saturated rings. The molecule has 2 aliphatic rings. The van der Waals surface area contributed by atoms with E-state index in [2.05, 4.69) is 0 Å². The average Bonchev–Trinajstić information content (AvgIpc) is 2.49. The zero-order valence-corrected chi connectivity index (χ0v) is 10.2. The van der Waals surface area contributed by atoms with Crippen molar-refractivity contribution in [3.8, 4) is 0 Å². The molecule has 0 N–H and O–H groups in total. The number of methoxy groups -OCH3 is 2. The Morgan fingerprint density at radius 2 is 2.06 bits per heavy atom. The monoisotopic (exact) mass is 222 g/mol. The molecule has 0 heterocycles. The maximum Gasteiger partial charge on any atom is 0.168 e. The molecule has 0 aromatic heterocycles. The average molecular weight is 222 g/mol. The minimum absolute atomic E-state index is 0.000347. The zero-order chi connectivity index (χ0) is 11.9. The van der Waals surface area contributed by atoms with Gasteiger partial charge in [-0.05, 0) is 12.5 Å². The SMILES string of the molecule is COC1=C2C(=O)C(C)(C)CC2C(OC)C=C1. The molecule has 0 saturated heterocycles. The minimum Gasteiger partial charge on any atom is -0.496 e. The summed E-state index contributed by atoms with van der Waals surface area (Å²) < 4.78 is 10.7. The van der Waals surface area contributed by atoms with Gasteiger partial charge in [0.05, 0.1) is 13.2 Å². The Hall–Kier alpha value is -1.09. The largest absolute Gasteiger partial charge is 0.496 e. The Labute approximate surface area is 96.1 Å². The molecule has 2 rings (SSSR count). The molecule has 88 valence electrons. The summed E-state index contributed by atoms with van der Waals surface area (Å²) >= 11 is 0. The van der Waals surface area contributed by atoms with Gasteiger partial charge in [-0.3, -0.25) is 4.79 Å². The van der Waals surface area contributed by atoms with Crippen LogP contribution in [0.3, 0.4) is 0 Å². The fourth-order valence-corrected chi connectivity index (χ4v) is 2.68. The Morgan fingerprint density at radius 1 is 1.38 bits per heavy atom. The third-order valence-corrected chi connectivity index (χ3v) is 3.55. The molecule has 0 bridgehead atoms. The highest BCUT2D eigenvalue weighted by molar-refractivity contribution is 6.03. The van der Waals surface area contributed by atoms with E-state index in [1.807, 2.05) is 26.0 Å². The Kier molecular flexibility index (Phi) is 2.66. The van der Waals surface area contributed by atoms with Crippen LogP contribution in [0.15, 0.2) is 23.5 Å². The molecule has 2 atom stereocenters. The summed E-state index contributed by atoms with van der Waals surface area (Å²) in [5, 5.41) is 0. The first-order valence-electron chi connectivity index (χ1n) is 5.55. The van der Waals surface area contributed by atoms with E-state index in [-0.39, 0.29) is 23.2 Å². The summed E-state index contributed by atoms with van der Waals surface area (Å²) in [5.41, 5.74) is 0.508. The van der Waals surface area contributed by atoms with E-state index in [4.69, 9.17) is 9.47 Å². The molecule has 0 spiro atoms. The lowest BCUT2D eigenvalue weighted by atomic mass is 9.88. The van der Waals surface area contributed by atoms with Crippen molar-refractivity contribution >= 4 is 5.78 Å². The van der Waals surface area contributed by atoms with Crippen LogP contribution in [0.4, 0.5) is 0 Å². The first kappa shape index (κ1) is 11.4. The molecular formula is C13H18O3. The van der Waals surface area contributed by atoms with Crippen molar-refractivity contribution in [1.82, 2.24) is 0 Å². The lowest BCUT2D eigenvalue weighted by molar-refractivity contribution is -0.121. The number of fused-ring (bicyclic) bond motifs is 1. The number of allylic oxidation sites excluding steroid dienone is 1. The lowest BCUT2D eigenvalue weighted by Crippen LogP contribution is -2.24. The van der Waals surface area contributed by atoms with Gasteiger partial charge in [0.25, 0.3) is 0 Å². The molecule has 16 heavy (non-hydrogen) atoms. The summed E-state index contributed by atoms with van der Waals surface area (Å²) in [6.45, 7) is 3.97. The van der Waals surface area contributed by atoms with Gasteiger partial charge in [-0.2, -0.15) is 0 Å². The van der Waals surface area contributed by atoms with Crippen molar-refractivity contribution < 1.29 is 14.3 Å². The van der Waals surface area contributed by atoms with Crippen molar-refractivity contribution in [2.45, 2.75) is 26.4 Å². The Morgan fingerprint density at radius 3 is 2.62 bits per heavy atom. The normalized spacial score (nSPS) is 31.9.